The largest absolute Gasteiger partial charge is 0.492 e. The van der Waals surface area contributed by atoms with Gasteiger partial charge in [0.2, 0.25) is 0 Å². The molecular formula is C23H27N2O4+. The van der Waals surface area contributed by atoms with E-state index in [4.69, 9.17) is 14.2 Å². The summed E-state index contributed by atoms with van der Waals surface area (Å²) in [6, 6.07) is 13.8. The van der Waals surface area contributed by atoms with Crippen LogP contribution in [0.2, 0.25) is 0 Å². The van der Waals surface area contributed by atoms with Crippen LogP contribution in [-0.2, 0) is 5.72 Å². The third-order valence-corrected chi connectivity index (χ3v) is 6.11. The fourth-order valence-corrected chi connectivity index (χ4v) is 4.69. The van der Waals surface area contributed by atoms with Gasteiger partial charge in [-0.1, -0.05) is 12.1 Å². The Bertz CT molecular complexity index is 958. The van der Waals surface area contributed by atoms with Crippen LogP contribution in [0, 0.1) is 0 Å². The van der Waals surface area contributed by atoms with Crippen molar-refractivity contribution < 1.29 is 23.9 Å². The van der Waals surface area contributed by atoms with Gasteiger partial charge in [-0.15, -0.1) is 0 Å². The molecule has 3 heterocycles. The van der Waals surface area contributed by atoms with Gasteiger partial charge in [0.1, 0.15) is 13.2 Å². The molecule has 6 heteroatoms. The van der Waals surface area contributed by atoms with Crippen molar-refractivity contribution in [2.75, 3.05) is 38.3 Å². The molecule has 0 bridgehead atoms. The summed E-state index contributed by atoms with van der Waals surface area (Å²) in [5, 5.41) is 12.0. The number of hydrogen-bond donors (Lipinski definition) is 1. The van der Waals surface area contributed by atoms with Gasteiger partial charge in [-0.3, -0.25) is 0 Å². The molecule has 5 rings (SSSR count). The molecule has 152 valence electrons. The summed E-state index contributed by atoms with van der Waals surface area (Å²) in [6.45, 7) is 2.36. The lowest BCUT2D eigenvalue weighted by molar-refractivity contribution is -0.658. The Morgan fingerprint density at radius 2 is 1.86 bits per heavy atom. The standard InChI is InChI=1S/C23H27N2O4/c1-27-19-8-5-4-7-18(19)24-16-23(26,25-12-6-2-3-9-22(24)25)17-10-11-20-21(15-17)29-14-13-28-20/h4-5,7-8,10-11,15,26H,2-3,6,9,12-14,16H2,1H3/q+1. The van der Waals surface area contributed by atoms with Gasteiger partial charge in [0.25, 0.3) is 11.6 Å². The Labute approximate surface area is 170 Å². The summed E-state index contributed by atoms with van der Waals surface area (Å²) >= 11 is 0. The van der Waals surface area contributed by atoms with Crippen molar-refractivity contribution in [1.82, 2.24) is 0 Å². The minimum atomic E-state index is -1.13. The molecule has 6 nitrogen and oxygen atoms in total. The first-order valence-electron chi connectivity index (χ1n) is 10.4. The van der Waals surface area contributed by atoms with Crippen LogP contribution in [0.25, 0.3) is 0 Å². The Kier molecular flexibility index (Phi) is 4.59. The first-order chi connectivity index (χ1) is 14.2. The van der Waals surface area contributed by atoms with Crippen LogP contribution in [0.1, 0.15) is 31.2 Å². The topological polar surface area (TPSA) is 54.2 Å². The lowest BCUT2D eigenvalue weighted by Crippen LogP contribution is -2.41. The number of anilines is 1. The van der Waals surface area contributed by atoms with E-state index in [0.717, 1.165) is 60.8 Å². The number of fused-ring (bicyclic) bond motifs is 1. The number of para-hydroxylation sites is 2. The number of rotatable bonds is 3. The molecule has 3 aliphatic rings. The molecule has 3 aliphatic heterocycles. The molecule has 0 spiro atoms. The quantitative estimate of drug-likeness (QED) is 0.810. The second kappa shape index (κ2) is 7.26. The third-order valence-electron chi connectivity index (χ3n) is 6.11. The maximum absolute atomic E-state index is 12.0. The lowest BCUT2D eigenvalue weighted by atomic mass is 10.0. The minimum absolute atomic E-state index is 0.447. The molecule has 0 radical (unpaired) electrons. The van der Waals surface area contributed by atoms with E-state index in [0.29, 0.717) is 25.5 Å². The number of ether oxygens (including phenoxy) is 3. The van der Waals surface area contributed by atoms with Crippen LogP contribution in [0.3, 0.4) is 0 Å². The van der Waals surface area contributed by atoms with Crippen LogP contribution in [0.15, 0.2) is 42.5 Å². The van der Waals surface area contributed by atoms with Crippen LogP contribution >= 0.6 is 0 Å². The number of benzene rings is 2. The zero-order chi connectivity index (χ0) is 19.8. The maximum atomic E-state index is 12.0. The fraction of sp³-hybridized carbons (Fsp3) is 0.435. The van der Waals surface area contributed by atoms with Gasteiger partial charge in [0, 0.05) is 12.0 Å². The zero-order valence-corrected chi connectivity index (χ0v) is 16.8. The molecule has 1 atom stereocenters. The van der Waals surface area contributed by atoms with E-state index in [2.05, 4.69) is 15.5 Å². The van der Waals surface area contributed by atoms with Crippen molar-refractivity contribution in [2.24, 2.45) is 0 Å². The molecule has 1 unspecified atom stereocenters. The molecule has 0 amide bonds. The summed E-state index contributed by atoms with van der Waals surface area (Å²) in [5.41, 5.74) is 0.694. The number of methoxy groups -OCH3 is 1. The van der Waals surface area contributed by atoms with Gasteiger partial charge in [-0.05, 0) is 49.6 Å². The van der Waals surface area contributed by atoms with Crippen molar-refractivity contribution in [3.8, 4) is 17.2 Å². The molecule has 0 saturated heterocycles. The first kappa shape index (κ1) is 18.3. The van der Waals surface area contributed by atoms with Gasteiger partial charge in [-0.2, -0.15) is 0 Å². The number of amidine groups is 1. The summed E-state index contributed by atoms with van der Waals surface area (Å²) in [5.74, 6) is 3.41. The first-order valence-corrected chi connectivity index (χ1v) is 10.4. The molecule has 2 aromatic carbocycles. The van der Waals surface area contributed by atoms with E-state index >= 15 is 0 Å². The smallest absolute Gasteiger partial charge is 0.271 e. The van der Waals surface area contributed by atoms with Gasteiger partial charge in [0.05, 0.1) is 13.7 Å². The SMILES string of the molecule is COc1ccccc1N1CC(O)(c2ccc3c(c2)OCCO3)[N+]2=C1CCCCC2. The zero-order valence-electron chi connectivity index (χ0n) is 16.8. The molecule has 29 heavy (non-hydrogen) atoms. The molecule has 0 fully saturated rings. The van der Waals surface area contributed by atoms with Gasteiger partial charge in [0.15, 0.2) is 29.5 Å². The summed E-state index contributed by atoms with van der Waals surface area (Å²) < 4.78 is 19.3. The third kappa shape index (κ3) is 3.02. The highest BCUT2D eigenvalue weighted by Crippen LogP contribution is 2.41. The molecule has 1 N–H and O–H groups in total. The van der Waals surface area contributed by atoms with E-state index < -0.39 is 5.72 Å². The van der Waals surface area contributed by atoms with E-state index in [-0.39, 0.29) is 0 Å². The number of aliphatic hydroxyl groups is 1. The van der Waals surface area contributed by atoms with Crippen LogP contribution < -0.4 is 19.1 Å². The van der Waals surface area contributed by atoms with E-state index in [1.54, 1.807) is 7.11 Å². The Morgan fingerprint density at radius 3 is 2.72 bits per heavy atom. The predicted molar refractivity (Wildman–Crippen MR) is 110 cm³/mol. The van der Waals surface area contributed by atoms with Crippen molar-refractivity contribution in [3.05, 3.63) is 48.0 Å². The van der Waals surface area contributed by atoms with E-state index in [9.17, 15) is 5.11 Å². The average molecular weight is 395 g/mol. The highest BCUT2D eigenvalue weighted by Gasteiger charge is 2.52. The summed E-state index contributed by atoms with van der Waals surface area (Å²) in [4.78, 5) is 2.22. The number of nitrogens with zero attached hydrogens (tertiary/aromatic N) is 2. The molecule has 0 aliphatic carbocycles. The van der Waals surface area contributed by atoms with Gasteiger partial charge in [-0.25, -0.2) is 9.48 Å². The average Bonchev–Trinajstić information content (AvgIpc) is 2.91. The predicted octanol–water partition coefficient (Wildman–Crippen LogP) is 3.12. The number of β-amino-alcohol motifs (C(OH)–C–C–N with tert-alkyl or cyclic N) is 1. The van der Waals surface area contributed by atoms with Crippen molar-refractivity contribution in [2.45, 2.75) is 31.4 Å². The Morgan fingerprint density at radius 1 is 1.03 bits per heavy atom. The van der Waals surface area contributed by atoms with Crippen molar-refractivity contribution in [1.29, 1.82) is 0 Å². The maximum Gasteiger partial charge on any atom is 0.271 e. The second-order valence-corrected chi connectivity index (χ2v) is 7.81. The normalized spacial score (nSPS) is 23.6. The lowest BCUT2D eigenvalue weighted by Gasteiger charge is -2.26. The van der Waals surface area contributed by atoms with Gasteiger partial charge >= 0.3 is 0 Å². The minimum Gasteiger partial charge on any atom is -0.492 e. The highest BCUT2D eigenvalue weighted by molar-refractivity contribution is 5.97. The highest BCUT2D eigenvalue weighted by atomic mass is 16.6. The molecule has 2 aromatic rings. The molecular weight excluding hydrogens is 368 g/mol. The van der Waals surface area contributed by atoms with E-state index in [1.807, 2.05) is 36.4 Å². The van der Waals surface area contributed by atoms with Crippen LogP contribution in [0.4, 0.5) is 5.69 Å². The monoisotopic (exact) mass is 395 g/mol. The Balaban J connectivity index is 1.61. The second-order valence-electron chi connectivity index (χ2n) is 7.81. The number of hydrogen-bond acceptors (Lipinski definition) is 5. The van der Waals surface area contributed by atoms with E-state index in [1.165, 1.54) is 0 Å². The van der Waals surface area contributed by atoms with Crippen LogP contribution in [-0.4, -0.2) is 48.9 Å². The fourth-order valence-electron chi connectivity index (χ4n) is 4.69. The summed E-state index contributed by atoms with van der Waals surface area (Å²) in [6.07, 6.45) is 4.28. The van der Waals surface area contributed by atoms with Crippen LogP contribution in [0.5, 0.6) is 17.2 Å². The Hall–Kier alpha value is -2.73. The molecule has 0 saturated carbocycles. The van der Waals surface area contributed by atoms with Crippen molar-refractivity contribution in [3.63, 3.8) is 0 Å². The summed E-state index contributed by atoms with van der Waals surface area (Å²) in [7, 11) is 1.69. The van der Waals surface area contributed by atoms with Crippen molar-refractivity contribution >= 4 is 11.5 Å². The molecule has 0 aromatic heterocycles. The van der Waals surface area contributed by atoms with Gasteiger partial charge < -0.3 is 19.3 Å².